The monoisotopic (exact) mass is 377 g/mol. The van der Waals surface area contributed by atoms with Crippen molar-refractivity contribution in [1.29, 1.82) is 0 Å². The molecule has 0 radical (unpaired) electrons. The molecule has 26 heavy (non-hydrogen) atoms. The minimum atomic E-state index is -0.386. The van der Waals surface area contributed by atoms with Crippen LogP contribution in [-0.4, -0.2) is 46.8 Å². The zero-order valence-corrected chi connectivity index (χ0v) is 15.4. The molecule has 3 rings (SSSR count). The fourth-order valence-electron chi connectivity index (χ4n) is 2.94. The van der Waals surface area contributed by atoms with E-state index in [1.165, 1.54) is 13.4 Å². The number of ether oxygens (including phenoxy) is 1. The van der Waals surface area contributed by atoms with Crippen LogP contribution in [0.3, 0.4) is 0 Å². The Morgan fingerprint density at radius 3 is 2.92 bits per heavy atom. The van der Waals surface area contributed by atoms with Gasteiger partial charge in [0.2, 0.25) is 11.8 Å². The van der Waals surface area contributed by atoms with E-state index >= 15 is 0 Å². The first kappa shape index (κ1) is 18.2. The van der Waals surface area contributed by atoms with Gasteiger partial charge in [0.1, 0.15) is 17.9 Å². The molecule has 1 saturated heterocycles. The van der Waals surface area contributed by atoms with E-state index in [-0.39, 0.29) is 24.2 Å². The highest BCUT2D eigenvalue weighted by Crippen LogP contribution is 2.32. The summed E-state index contributed by atoms with van der Waals surface area (Å²) in [5, 5.41) is 7.28. The molecule has 2 heterocycles. The van der Waals surface area contributed by atoms with Gasteiger partial charge in [-0.1, -0.05) is 11.6 Å². The second-order valence-electron chi connectivity index (χ2n) is 6.07. The van der Waals surface area contributed by atoms with Gasteiger partial charge < -0.3 is 15.0 Å². The number of aromatic nitrogens is 3. The number of halogens is 1. The van der Waals surface area contributed by atoms with Crippen LogP contribution in [0.15, 0.2) is 24.5 Å². The molecule has 1 unspecified atom stereocenters. The summed E-state index contributed by atoms with van der Waals surface area (Å²) in [6.45, 7) is 0.779. The van der Waals surface area contributed by atoms with Crippen molar-refractivity contribution in [1.82, 2.24) is 20.1 Å². The van der Waals surface area contributed by atoms with E-state index in [0.29, 0.717) is 36.0 Å². The number of carbonyl (C=O) groups excluding carboxylic acids is 2. The van der Waals surface area contributed by atoms with Crippen LogP contribution in [0.5, 0.6) is 5.75 Å². The molecular formula is C17H20ClN5O3. The lowest BCUT2D eigenvalue weighted by Crippen LogP contribution is -2.34. The lowest BCUT2D eigenvalue weighted by atomic mass is 10.1. The van der Waals surface area contributed by atoms with Crippen molar-refractivity contribution in [3.63, 3.8) is 0 Å². The highest BCUT2D eigenvalue weighted by molar-refractivity contribution is 6.32. The van der Waals surface area contributed by atoms with Gasteiger partial charge in [0.25, 0.3) is 0 Å². The maximum Gasteiger partial charge on any atom is 0.227 e. The van der Waals surface area contributed by atoms with E-state index < -0.39 is 0 Å². The fourth-order valence-corrected chi connectivity index (χ4v) is 3.20. The van der Waals surface area contributed by atoms with Gasteiger partial charge in [-0.2, -0.15) is 5.10 Å². The minimum absolute atomic E-state index is 0.0975. The van der Waals surface area contributed by atoms with Crippen molar-refractivity contribution in [2.75, 3.05) is 25.1 Å². The number of nitrogens with one attached hydrogen (secondary N) is 1. The Bertz CT molecular complexity index is 822. The van der Waals surface area contributed by atoms with E-state index in [1.54, 1.807) is 34.8 Å². The third-order valence-electron chi connectivity index (χ3n) is 4.40. The summed E-state index contributed by atoms with van der Waals surface area (Å²) in [5.74, 6) is 0.715. The molecular weight excluding hydrogens is 358 g/mol. The fraction of sp³-hybridized carbons (Fsp3) is 0.412. The Labute approximate surface area is 156 Å². The Hall–Kier alpha value is -2.61. The van der Waals surface area contributed by atoms with Gasteiger partial charge in [-0.05, 0) is 18.2 Å². The van der Waals surface area contributed by atoms with Crippen molar-refractivity contribution in [3.8, 4) is 5.75 Å². The average molecular weight is 378 g/mol. The lowest BCUT2D eigenvalue weighted by Gasteiger charge is -2.17. The van der Waals surface area contributed by atoms with E-state index in [1.807, 2.05) is 0 Å². The van der Waals surface area contributed by atoms with Crippen LogP contribution in [0.4, 0.5) is 5.69 Å². The number of nitrogens with zero attached hydrogens (tertiary/aromatic N) is 4. The van der Waals surface area contributed by atoms with Crippen LogP contribution in [-0.2, 0) is 23.1 Å². The molecule has 1 aliphatic heterocycles. The molecule has 9 heteroatoms. The van der Waals surface area contributed by atoms with Gasteiger partial charge in [-0.25, -0.2) is 4.98 Å². The summed E-state index contributed by atoms with van der Waals surface area (Å²) in [6.07, 6.45) is 2.24. The molecule has 0 spiro atoms. The number of hydrogen-bond acceptors (Lipinski definition) is 5. The number of carbonyl (C=O) groups is 2. The molecule has 2 aromatic rings. The molecule has 8 nitrogen and oxygen atoms in total. The lowest BCUT2D eigenvalue weighted by molar-refractivity contribution is -0.126. The Kier molecular flexibility index (Phi) is 5.41. The van der Waals surface area contributed by atoms with Crippen molar-refractivity contribution >= 4 is 29.1 Å². The third kappa shape index (κ3) is 3.80. The summed E-state index contributed by atoms with van der Waals surface area (Å²) < 4.78 is 6.79. The van der Waals surface area contributed by atoms with Gasteiger partial charge in [0.05, 0.1) is 18.1 Å². The minimum Gasteiger partial charge on any atom is -0.495 e. The second-order valence-corrected chi connectivity index (χ2v) is 6.47. The number of rotatable bonds is 6. The molecule has 1 aromatic carbocycles. The number of benzene rings is 1. The normalized spacial score (nSPS) is 16.8. The predicted molar refractivity (Wildman–Crippen MR) is 96.2 cm³/mol. The number of hydrogen-bond donors (Lipinski definition) is 1. The van der Waals surface area contributed by atoms with Crippen LogP contribution in [0.2, 0.25) is 5.02 Å². The SMILES string of the molecule is COc1ccc(N2CC(C(=O)NCCc3ncnn3C)CC2=O)cc1Cl. The van der Waals surface area contributed by atoms with Gasteiger partial charge >= 0.3 is 0 Å². The first-order chi connectivity index (χ1) is 12.5. The maximum atomic E-state index is 12.4. The summed E-state index contributed by atoms with van der Waals surface area (Å²) in [7, 11) is 3.33. The van der Waals surface area contributed by atoms with Gasteiger partial charge in [0.15, 0.2) is 0 Å². The van der Waals surface area contributed by atoms with Crippen LogP contribution in [0.25, 0.3) is 0 Å². The molecule has 1 fully saturated rings. The smallest absolute Gasteiger partial charge is 0.227 e. The van der Waals surface area contributed by atoms with Gasteiger partial charge in [-0.15, -0.1) is 0 Å². The highest BCUT2D eigenvalue weighted by Gasteiger charge is 2.35. The number of anilines is 1. The van der Waals surface area contributed by atoms with E-state index in [0.717, 1.165) is 5.82 Å². The molecule has 1 aliphatic rings. The van der Waals surface area contributed by atoms with Crippen molar-refractivity contribution < 1.29 is 14.3 Å². The summed E-state index contributed by atoms with van der Waals surface area (Å²) in [4.78, 5) is 30.4. The predicted octanol–water partition coefficient (Wildman–Crippen LogP) is 1.19. The summed E-state index contributed by atoms with van der Waals surface area (Å²) >= 11 is 6.13. The summed E-state index contributed by atoms with van der Waals surface area (Å²) in [5.41, 5.74) is 0.662. The Morgan fingerprint density at radius 2 is 2.27 bits per heavy atom. The molecule has 138 valence electrons. The maximum absolute atomic E-state index is 12.4. The van der Waals surface area contributed by atoms with Crippen LogP contribution in [0, 0.1) is 5.92 Å². The summed E-state index contributed by atoms with van der Waals surface area (Å²) in [6, 6.07) is 5.14. The van der Waals surface area contributed by atoms with Crippen LogP contribution in [0.1, 0.15) is 12.2 Å². The Balaban J connectivity index is 1.57. The quantitative estimate of drug-likeness (QED) is 0.816. The van der Waals surface area contributed by atoms with Gasteiger partial charge in [-0.3, -0.25) is 14.3 Å². The van der Waals surface area contributed by atoms with Crippen LogP contribution < -0.4 is 15.0 Å². The van der Waals surface area contributed by atoms with Gasteiger partial charge in [0, 0.05) is 38.7 Å². The van der Waals surface area contributed by atoms with Crippen molar-refractivity contribution in [3.05, 3.63) is 35.4 Å². The molecule has 0 aliphatic carbocycles. The van der Waals surface area contributed by atoms with Crippen molar-refractivity contribution in [2.45, 2.75) is 12.8 Å². The first-order valence-electron chi connectivity index (χ1n) is 8.24. The molecule has 0 bridgehead atoms. The van der Waals surface area contributed by atoms with E-state index in [9.17, 15) is 9.59 Å². The largest absolute Gasteiger partial charge is 0.495 e. The van der Waals surface area contributed by atoms with Crippen molar-refractivity contribution in [2.24, 2.45) is 13.0 Å². The number of amides is 2. The molecule has 1 atom stereocenters. The molecule has 1 N–H and O–H groups in total. The third-order valence-corrected chi connectivity index (χ3v) is 4.69. The molecule has 1 aromatic heterocycles. The zero-order chi connectivity index (χ0) is 18.7. The highest BCUT2D eigenvalue weighted by atomic mass is 35.5. The van der Waals surface area contributed by atoms with E-state index in [4.69, 9.17) is 16.3 Å². The standard InChI is InChI=1S/C17H20ClN5O3/c1-22-15(20-10-21-22)5-6-19-17(25)11-7-16(24)23(9-11)12-3-4-14(26-2)13(18)8-12/h3-4,8,10-11H,5-7,9H2,1-2H3,(H,19,25). The topological polar surface area (TPSA) is 89.3 Å². The molecule has 0 saturated carbocycles. The second kappa shape index (κ2) is 7.74. The average Bonchev–Trinajstić information content (AvgIpc) is 3.20. The zero-order valence-electron chi connectivity index (χ0n) is 14.6. The Morgan fingerprint density at radius 1 is 1.46 bits per heavy atom. The number of methoxy groups -OCH3 is 1. The number of aryl methyl sites for hydroxylation is 1. The molecule has 2 amide bonds. The first-order valence-corrected chi connectivity index (χ1v) is 8.62. The van der Waals surface area contributed by atoms with Crippen LogP contribution >= 0.6 is 11.6 Å². The van der Waals surface area contributed by atoms with E-state index in [2.05, 4.69) is 15.4 Å².